The topological polar surface area (TPSA) is 97.8 Å². The van der Waals surface area contributed by atoms with E-state index in [4.69, 9.17) is 4.74 Å². The van der Waals surface area contributed by atoms with Crippen molar-refractivity contribution in [2.24, 2.45) is 7.05 Å². The van der Waals surface area contributed by atoms with Crippen LogP contribution < -0.4 is 5.32 Å². The Bertz CT molecular complexity index is 1210. The summed E-state index contributed by atoms with van der Waals surface area (Å²) in [7, 11) is 1.88. The summed E-state index contributed by atoms with van der Waals surface area (Å²) in [6.07, 6.45) is 5.67. The van der Waals surface area contributed by atoms with E-state index in [2.05, 4.69) is 20.1 Å². The number of amides is 1. The number of anilines is 1. The fourth-order valence-electron chi connectivity index (χ4n) is 3.83. The van der Waals surface area contributed by atoms with Crippen molar-refractivity contribution in [3.63, 3.8) is 0 Å². The highest BCUT2D eigenvalue weighted by Gasteiger charge is 2.19. The maximum absolute atomic E-state index is 12.8. The van der Waals surface area contributed by atoms with E-state index in [-0.39, 0.29) is 11.7 Å². The predicted octanol–water partition coefficient (Wildman–Crippen LogP) is 4.11. The second-order valence-corrected chi connectivity index (χ2v) is 9.09. The molecule has 3 heterocycles. The number of hydrogen-bond donors (Lipinski definition) is 1. The van der Waals surface area contributed by atoms with Crippen LogP contribution in [0.1, 0.15) is 29.8 Å². The van der Waals surface area contributed by atoms with Gasteiger partial charge in [-0.15, -0.1) is 10.2 Å². The number of ether oxygens (including phenoxy) is 1. The van der Waals surface area contributed by atoms with Gasteiger partial charge in [0, 0.05) is 42.2 Å². The molecule has 2 aromatic heterocycles. The Morgan fingerprint density at radius 3 is 2.79 bits per heavy atom. The fraction of sp³-hybridized carbons (Fsp3) is 0.333. The van der Waals surface area contributed by atoms with Crippen molar-refractivity contribution in [3.8, 4) is 6.07 Å². The third kappa shape index (κ3) is 5.35. The molecule has 1 aromatic carbocycles. The highest BCUT2D eigenvalue weighted by Crippen LogP contribution is 2.27. The Kier molecular flexibility index (Phi) is 6.96. The van der Waals surface area contributed by atoms with Gasteiger partial charge in [0.1, 0.15) is 18.0 Å². The highest BCUT2D eigenvalue weighted by molar-refractivity contribution is 7.99. The molecule has 3 aromatic rings. The van der Waals surface area contributed by atoms with E-state index in [1.807, 2.05) is 49.7 Å². The quantitative estimate of drug-likeness (QED) is 0.419. The van der Waals surface area contributed by atoms with Crippen molar-refractivity contribution >= 4 is 29.4 Å². The van der Waals surface area contributed by atoms with Gasteiger partial charge >= 0.3 is 0 Å². The molecule has 1 atom stereocenters. The zero-order chi connectivity index (χ0) is 23.4. The molecular weight excluding hydrogens is 436 g/mol. The van der Waals surface area contributed by atoms with Crippen LogP contribution in [0.25, 0.3) is 6.08 Å². The van der Waals surface area contributed by atoms with Crippen LogP contribution in [-0.4, -0.2) is 37.9 Å². The van der Waals surface area contributed by atoms with Crippen LogP contribution in [0.4, 0.5) is 5.69 Å². The van der Waals surface area contributed by atoms with Gasteiger partial charge in [0.15, 0.2) is 5.16 Å². The molecule has 0 radical (unpaired) electrons. The molecule has 1 saturated heterocycles. The molecule has 33 heavy (non-hydrogen) atoms. The highest BCUT2D eigenvalue weighted by atomic mass is 32.2. The number of carbonyl (C=O) groups is 1. The lowest BCUT2D eigenvalue weighted by Gasteiger charge is -2.14. The second kappa shape index (κ2) is 10.1. The van der Waals surface area contributed by atoms with E-state index in [9.17, 15) is 10.1 Å². The molecular formula is C24H26N6O2S. The molecule has 1 unspecified atom stereocenters. The van der Waals surface area contributed by atoms with Gasteiger partial charge in [-0.05, 0) is 80.4 Å². The van der Waals surface area contributed by atoms with Gasteiger partial charge in [0.25, 0.3) is 5.91 Å². The lowest BCUT2D eigenvalue weighted by atomic mass is 10.1. The minimum absolute atomic E-state index is 0.0601. The average Bonchev–Trinajstić information content (AvgIpc) is 3.52. The van der Waals surface area contributed by atoms with Crippen LogP contribution in [0.2, 0.25) is 0 Å². The summed E-state index contributed by atoms with van der Waals surface area (Å²) in [6.45, 7) is 5.65. The molecule has 4 rings (SSSR count). The van der Waals surface area contributed by atoms with Crippen molar-refractivity contribution in [1.29, 1.82) is 5.26 Å². The van der Waals surface area contributed by atoms with E-state index in [0.717, 1.165) is 53.0 Å². The van der Waals surface area contributed by atoms with Gasteiger partial charge in [-0.3, -0.25) is 4.79 Å². The first kappa shape index (κ1) is 22.8. The first-order chi connectivity index (χ1) is 15.9. The van der Waals surface area contributed by atoms with Crippen molar-refractivity contribution < 1.29 is 9.53 Å². The number of benzene rings is 1. The SMILES string of the molecule is Cc1cc(/C=C(\C#N)C(=O)Nc2ccc(Sc3nncn3C)cc2)c(C)n1CC1CCCO1. The molecule has 1 amide bonds. The van der Waals surface area contributed by atoms with Gasteiger partial charge in [-0.1, -0.05) is 0 Å². The number of aryl methyl sites for hydroxylation is 2. The number of rotatable bonds is 7. The van der Waals surface area contributed by atoms with Gasteiger partial charge < -0.3 is 19.2 Å². The molecule has 1 fully saturated rings. The Labute approximate surface area is 197 Å². The van der Waals surface area contributed by atoms with E-state index >= 15 is 0 Å². The molecule has 9 heteroatoms. The minimum Gasteiger partial charge on any atom is -0.376 e. The third-order valence-corrected chi connectivity index (χ3v) is 6.74. The summed E-state index contributed by atoms with van der Waals surface area (Å²) < 4.78 is 9.80. The molecule has 0 saturated carbocycles. The number of carbonyl (C=O) groups excluding carboxylic acids is 1. The second-order valence-electron chi connectivity index (χ2n) is 8.05. The molecule has 0 spiro atoms. The van der Waals surface area contributed by atoms with E-state index in [1.54, 1.807) is 24.5 Å². The van der Waals surface area contributed by atoms with Gasteiger partial charge in [-0.2, -0.15) is 5.26 Å². The first-order valence-electron chi connectivity index (χ1n) is 10.8. The predicted molar refractivity (Wildman–Crippen MR) is 127 cm³/mol. The Morgan fingerprint density at radius 1 is 1.36 bits per heavy atom. The minimum atomic E-state index is -0.435. The van der Waals surface area contributed by atoms with Gasteiger partial charge in [-0.25, -0.2) is 0 Å². The van der Waals surface area contributed by atoms with Crippen LogP contribution in [0.3, 0.4) is 0 Å². The van der Waals surface area contributed by atoms with E-state index in [1.165, 1.54) is 11.8 Å². The van der Waals surface area contributed by atoms with Crippen molar-refractivity contribution in [2.75, 3.05) is 11.9 Å². The molecule has 0 bridgehead atoms. The first-order valence-corrected chi connectivity index (χ1v) is 11.6. The molecule has 170 valence electrons. The van der Waals surface area contributed by atoms with Gasteiger partial charge in [0.05, 0.1) is 6.10 Å². The molecule has 1 aliphatic heterocycles. The summed E-state index contributed by atoms with van der Waals surface area (Å²) in [5, 5.41) is 21.1. The average molecular weight is 463 g/mol. The number of nitrogens with one attached hydrogen (secondary N) is 1. The van der Waals surface area contributed by atoms with Crippen LogP contribution in [-0.2, 0) is 23.1 Å². The van der Waals surface area contributed by atoms with Crippen LogP contribution in [0, 0.1) is 25.2 Å². The molecule has 8 nitrogen and oxygen atoms in total. The number of nitriles is 1. The zero-order valence-electron chi connectivity index (χ0n) is 18.9. The fourth-order valence-corrected chi connectivity index (χ4v) is 4.59. The van der Waals surface area contributed by atoms with Crippen molar-refractivity contribution in [3.05, 3.63) is 59.2 Å². The van der Waals surface area contributed by atoms with E-state index in [0.29, 0.717) is 5.69 Å². The number of aromatic nitrogens is 4. The summed E-state index contributed by atoms with van der Waals surface area (Å²) >= 11 is 1.48. The largest absolute Gasteiger partial charge is 0.376 e. The van der Waals surface area contributed by atoms with Crippen molar-refractivity contribution in [1.82, 2.24) is 19.3 Å². The maximum Gasteiger partial charge on any atom is 0.266 e. The van der Waals surface area contributed by atoms with Crippen LogP contribution in [0.15, 0.2) is 52.3 Å². The molecule has 0 aliphatic carbocycles. The summed E-state index contributed by atoms with van der Waals surface area (Å²) in [5.41, 5.74) is 3.65. The summed E-state index contributed by atoms with van der Waals surface area (Å²) in [5.74, 6) is -0.435. The standard InChI is InChI=1S/C24H26N6O2S/c1-16-11-18(17(2)30(16)14-21-5-4-10-32-21)12-19(13-25)23(31)27-20-6-8-22(9-7-20)33-24-28-26-15-29(24)3/h6-9,11-12,15,21H,4-5,10,14H2,1-3H3,(H,27,31)/b19-12+. The maximum atomic E-state index is 12.8. The van der Waals surface area contributed by atoms with Crippen molar-refractivity contribution in [2.45, 2.75) is 49.4 Å². The monoisotopic (exact) mass is 462 g/mol. The normalized spacial score (nSPS) is 16.1. The lowest BCUT2D eigenvalue weighted by Crippen LogP contribution is -2.17. The van der Waals surface area contributed by atoms with Crippen LogP contribution in [0.5, 0.6) is 0 Å². The van der Waals surface area contributed by atoms with Gasteiger partial charge in [0.2, 0.25) is 0 Å². The summed E-state index contributed by atoms with van der Waals surface area (Å²) in [4.78, 5) is 13.7. The smallest absolute Gasteiger partial charge is 0.266 e. The summed E-state index contributed by atoms with van der Waals surface area (Å²) in [6, 6.07) is 11.4. The number of nitrogens with zero attached hydrogens (tertiary/aromatic N) is 5. The Hall–Kier alpha value is -3.35. The lowest BCUT2D eigenvalue weighted by molar-refractivity contribution is -0.112. The molecule has 1 aliphatic rings. The number of hydrogen-bond acceptors (Lipinski definition) is 6. The van der Waals surface area contributed by atoms with E-state index < -0.39 is 5.91 Å². The third-order valence-electron chi connectivity index (χ3n) is 5.68. The van der Waals surface area contributed by atoms with Crippen LogP contribution >= 0.6 is 11.8 Å². The zero-order valence-corrected chi connectivity index (χ0v) is 19.7. The Balaban J connectivity index is 1.45. The molecule has 1 N–H and O–H groups in total. The Morgan fingerprint density at radius 2 is 2.15 bits per heavy atom.